The van der Waals surface area contributed by atoms with Gasteiger partial charge in [0.05, 0.1) is 4.90 Å². The van der Waals surface area contributed by atoms with Crippen LogP contribution in [0.1, 0.15) is 31.1 Å². The third-order valence-corrected chi connectivity index (χ3v) is 2.84. The van der Waals surface area contributed by atoms with Gasteiger partial charge in [-0.3, -0.25) is 0 Å². The zero-order valence-corrected chi connectivity index (χ0v) is 11.1. The fourth-order valence-electron chi connectivity index (χ4n) is 1.27. The molecule has 0 aliphatic carbocycles. The van der Waals surface area contributed by atoms with Gasteiger partial charge in [0, 0.05) is 0 Å². The Hall–Kier alpha value is -1.60. The number of hydrogen-bond donors (Lipinski definition) is 2. The fourth-order valence-corrected chi connectivity index (χ4v) is 1.81. The molecule has 0 atom stereocenters. The molecule has 0 radical (unpaired) electrons. The van der Waals surface area contributed by atoms with Gasteiger partial charge < -0.3 is 9.84 Å². The number of carbonyl (C=O) groups is 1. The van der Waals surface area contributed by atoms with Gasteiger partial charge >= 0.3 is 5.97 Å². The van der Waals surface area contributed by atoms with Crippen LogP contribution in [0.3, 0.4) is 0 Å². The predicted molar refractivity (Wildman–Crippen MR) is 65.2 cm³/mol. The summed E-state index contributed by atoms with van der Waals surface area (Å²) in [5.41, 5.74) is -0.829. The lowest BCUT2D eigenvalue weighted by Crippen LogP contribution is -2.24. The number of aromatic carboxylic acids is 1. The Morgan fingerprint density at radius 1 is 1.33 bits per heavy atom. The standard InChI is InChI=1S/C11H15NO5S/c1-11(2,3)17-9-5-4-7(18(12,15)16)6-8(9)10(13)14/h4-6H,1-3H3,(H,13,14)(H2,12,15,16). The normalized spacial score (nSPS) is 12.2. The molecule has 6 nitrogen and oxygen atoms in total. The number of primary sulfonamides is 1. The summed E-state index contributed by atoms with van der Waals surface area (Å²) in [6, 6.07) is 3.48. The smallest absolute Gasteiger partial charge is 0.339 e. The second-order valence-electron chi connectivity index (χ2n) is 4.72. The molecule has 0 unspecified atom stereocenters. The van der Waals surface area contributed by atoms with Crippen molar-refractivity contribution in [3.05, 3.63) is 23.8 Å². The highest BCUT2D eigenvalue weighted by Crippen LogP contribution is 2.25. The van der Waals surface area contributed by atoms with Crippen molar-refractivity contribution in [3.63, 3.8) is 0 Å². The largest absolute Gasteiger partial charge is 0.487 e. The number of carboxylic acids is 1. The van der Waals surface area contributed by atoms with Gasteiger partial charge in [-0.05, 0) is 39.0 Å². The van der Waals surface area contributed by atoms with E-state index in [2.05, 4.69) is 0 Å². The molecule has 100 valence electrons. The summed E-state index contributed by atoms with van der Waals surface area (Å²) >= 11 is 0. The van der Waals surface area contributed by atoms with Gasteiger partial charge in [-0.25, -0.2) is 18.4 Å². The number of carboxylic acid groups (broad SMARTS) is 1. The Kier molecular flexibility index (Phi) is 3.68. The zero-order valence-electron chi connectivity index (χ0n) is 10.3. The molecule has 0 heterocycles. The van der Waals surface area contributed by atoms with Gasteiger partial charge in [0.2, 0.25) is 10.0 Å². The average molecular weight is 273 g/mol. The Labute approximate surface area is 105 Å². The minimum Gasteiger partial charge on any atom is -0.487 e. The van der Waals surface area contributed by atoms with Gasteiger partial charge in [-0.2, -0.15) is 0 Å². The molecular formula is C11H15NO5S. The van der Waals surface area contributed by atoms with Crippen LogP contribution in [-0.4, -0.2) is 25.1 Å². The van der Waals surface area contributed by atoms with E-state index in [0.717, 1.165) is 6.07 Å². The molecule has 3 N–H and O–H groups in total. The van der Waals surface area contributed by atoms with Crippen molar-refractivity contribution in [2.24, 2.45) is 5.14 Å². The zero-order chi connectivity index (χ0) is 14.1. The number of rotatable bonds is 3. The molecule has 0 aliphatic rings. The van der Waals surface area contributed by atoms with Gasteiger partial charge in [-0.1, -0.05) is 0 Å². The van der Waals surface area contributed by atoms with Crippen LogP contribution in [0.5, 0.6) is 5.75 Å². The molecule has 0 saturated heterocycles. The SMILES string of the molecule is CC(C)(C)Oc1ccc(S(N)(=O)=O)cc1C(=O)O. The monoisotopic (exact) mass is 273 g/mol. The number of benzene rings is 1. The summed E-state index contributed by atoms with van der Waals surface area (Å²) < 4.78 is 27.7. The third-order valence-electron chi connectivity index (χ3n) is 1.93. The summed E-state index contributed by atoms with van der Waals surface area (Å²) in [6.07, 6.45) is 0. The highest BCUT2D eigenvalue weighted by atomic mass is 32.2. The molecule has 0 aromatic heterocycles. The van der Waals surface area contributed by atoms with Crippen LogP contribution in [0, 0.1) is 0 Å². The van der Waals surface area contributed by atoms with Crippen LogP contribution in [0.15, 0.2) is 23.1 Å². The second kappa shape index (κ2) is 4.58. The van der Waals surface area contributed by atoms with Crippen LogP contribution in [0.2, 0.25) is 0 Å². The lowest BCUT2D eigenvalue weighted by atomic mass is 10.1. The summed E-state index contributed by atoms with van der Waals surface area (Å²) in [4.78, 5) is 10.8. The quantitative estimate of drug-likeness (QED) is 0.860. The maximum Gasteiger partial charge on any atom is 0.339 e. The van der Waals surface area contributed by atoms with E-state index in [-0.39, 0.29) is 16.2 Å². The first-order valence-corrected chi connectivity index (χ1v) is 6.64. The summed E-state index contributed by atoms with van der Waals surface area (Å²) in [5, 5.41) is 14.0. The Balaban J connectivity index is 3.35. The van der Waals surface area contributed by atoms with Crippen LogP contribution in [0.25, 0.3) is 0 Å². The first-order valence-electron chi connectivity index (χ1n) is 5.10. The molecule has 1 aromatic carbocycles. The molecule has 0 aliphatic heterocycles. The van der Waals surface area contributed by atoms with E-state index in [0.29, 0.717) is 0 Å². The first kappa shape index (κ1) is 14.5. The van der Waals surface area contributed by atoms with Crippen LogP contribution < -0.4 is 9.88 Å². The van der Waals surface area contributed by atoms with Crippen molar-refractivity contribution >= 4 is 16.0 Å². The van der Waals surface area contributed by atoms with E-state index in [9.17, 15) is 13.2 Å². The predicted octanol–water partition coefficient (Wildman–Crippen LogP) is 1.21. The summed E-state index contributed by atoms with van der Waals surface area (Å²) in [7, 11) is -3.94. The van der Waals surface area contributed by atoms with E-state index in [1.165, 1.54) is 12.1 Å². The molecule has 0 saturated carbocycles. The van der Waals surface area contributed by atoms with Crippen LogP contribution >= 0.6 is 0 Å². The van der Waals surface area contributed by atoms with Crippen LogP contribution in [-0.2, 0) is 10.0 Å². The van der Waals surface area contributed by atoms with E-state index >= 15 is 0 Å². The third kappa shape index (κ3) is 3.71. The number of sulfonamides is 1. The Morgan fingerprint density at radius 2 is 1.89 bits per heavy atom. The maximum absolute atomic E-state index is 11.1. The molecule has 0 amide bonds. The number of hydrogen-bond acceptors (Lipinski definition) is 4. The minimum absolute atomic E-state index is 0.0994. The number of nitrogens with two attached hydrogens (primary N) is 1. The topological polar surface area (TPSA) is 107 Å². The van der Waals surface area contributed by atoms with Gasteiger partial charge in [0.15, 0.2) is 0 Å². The van der Waals surface area contributed by atoms with Crippen LogP contribution in [0.4, 0.5) is 0 Å². The van der Waals surface area contributed by atoms with Crippen molar-refractivity contribution in [1.82, 2.24) is 0 Å². The molecule has 1 rings (SSSR count). The molecular weight excluding hydrogens is 258 g/mol. The Morgan fingerprint density at radius 3 is 2.28 bits per heavy atom. The van der Waals surface area contributed by atoms with Crippen molar-refractivity contribution in [2.75, 3.05) is 0 Å². The number of ether oxygens (including phenoxy) is 1. The second-order valence-corrected chi connectivity index (χ2v) is 6.28. The van der Waals surface area contributed by atoms with Gasteiger partial charge in [0.25, 0.3) is 0 Å². The van der Waals surface area contributed by atoms with Gasteiger partial charge in [-0.15, -0.1) is 0 Å². The fraction of sp³-hybridized carbons (Fsp3) is 0.364. The van der Waals surface area contributed by atoms with Crippen molar-refractivity contribution in [3.8, 4) is 5.75 Å². The molecule has 18 heavy (non-hydrogen) atoms. The van der Waals surface area contributed by atoms with E-state index in [1.54, 1.807) is 20.8 Å². The summed E-state index contributed by atoms with van der Waals surface area (Å²) in [5.74, 6) is -1.18. The molecule has 1 aromatic rings. The van der Waals surface area contributed by atoms with E-state index < -0.39 is 21.6 Å². The first-order chi connectivity index (χ1) is 8.00. The highest BCUT2D eigenvalue weighted by molar-refractivity contribution is 7.89. The lowest BCUT2D eigenvalue weighted by molar-refractivity contribution is 0.0681. The minimum atomic E-state index is -3.94. The molecule has 7 heteroatoms. The summed E-state index contributed by atoms with van der Waals surface area (Å²) in [6.45, 7) is 5.27. The van der Waals surface area contributed by atoms with Crippen molar-refractivity contribution in [1.29, 1.82) is 0 Å². The van der Waals surface area contributed by atoms with Crippen molar-refractivity contribution in [2.45, 2.75) is 31.3 Å². The van der Waals surface area contributed by atoms with E-state index in [4.69, 9.17) is 15.0 Å². The maximum atomic E-state index is 11.1. The van der Waals surface area contributed by atoms with E-state index in [1.807, 2.05) is 0 Å². The highest BCUT2D eigenvalue weighted by Gasteiger charge is 2.20. The lowest BCUT2D eigenvalue weighted by Gasteiger charge is -2.22. The van der Waals surface area contributed by atoms with Crippen molar-refractivity contribution < 1.29 is 23.1 Å². The average Bonchev–Trinajstić information content (AvgIpc) is 2.13. The van der Waals surface area contributed by atoms with Gasteiger partial charge in [0.1, 0.15) is 16.9 Å². The molecule has 0 bridgehead atoms. The Bertz CT molecular complexity index is 572. The molecule has 0 fully saturated rings. The molecule has 0 spiro atoms.